The van der Waals surface area contributed by atoms with Crippen LogP contribution in [0.15, 0.2) is 0 Å². The van der Waals surface area contributed by atoms with Crippen molar-refractivity contribution in [3.8, 4) is 0 Å². The molecule has 0 heterocycles. The highest BCUT2D eigenvalue weighted by Gasteiger charge is 2.59. The largest absolute Gasteiger partial charge is 0.418 e. The molecule has 0 aromatic rings. The van der Waals surface area contributed by atoms with Crippen LogP contribution in [0.4, 0.5) is 13.2 Å². The van der Waals surface area contributed by atoms with E-state index in [2.05, 4.69) is 0 Å². The smallest absolute Gasteiger partial charge is 0.379 e. The molecule has 5 heteroatoms. The number of hydrogen-bond acceptors (Lipinski definition) is 2. The quantitative estimate of drug-likeness (QED) is 0.563. The molecule has 11 heavy (non-hydrogen) atoms. The van der Waals surface area contributed by atoms with Crippen LogP contribution in [0.5, 0.6) is 0 Å². The topological polar surface area (TPSA) is 46.2 Å². The number of alkyl halides is 3. The van der Waals surface area contributed by atoms with Crippen molar-refractivity contribution < 1.29 is 18.3 Å². The minimum absolute atomic E-state index is 0.246. The Morgan fingerprint density at radius 2 is 2.00 bits per heavy atom. The fourth-order valence-electron chi connectivity index (χ4n) is 1.37. The van der Waals surface area contributed by atoms with Crippen LogP contribution in [0, 0.1) is 0 Å². The molecule has 0 radical (unpaired) electrons. The lowest BCUT2D eigenvalue weighted by Crippen LogP contribution is -2.54. The number of hydrogen-bond donors (Lipinski definition) is 2. The van der Waals surface area contributed by atoms with Crippen LogP contribution < -0.4 is 5.73 Å². The average molecular weight is 169 g/mol. The molecule has 0 amide bonds. The van der Waals surface area contributed by atoms with E-state index in [9.17, 15) is 13.2 Å². The summed E-state index contributed by atoms with van der Waals surface area (Å²) in [5.41, 5.74) is 2.50. The summed E-state index contributed by atoms with van der Waals surface area (Å²) in [6.45, 7) is 0. The molecule has 0 spiro atoms. The van der Waals surface area contributed by atoms with Gasteiger partial charge in [-0.1, -0.05) is 0 Å². The van der Waals surface area contributed by atoms with E-state index >= 15 is 0 Å². The molecule has 0 unspecified atom stereocenters. The Balaban J connectivity index is 2.81. The maximum atomic E-state index is 12.1. The second-order valence-corrected chi connectivity index (χ2v) is 2.92. The summed E-state index contributed by atoms with van der Waals surface area (Å²) in [7, 11) is 0. The molecule has 0 aliphatic heterocycles. The van der Waals surface area contributed by atoms with Gasteiger partial charge in [-0.2, -0.15) is 13.2 Å². The zero-order chi connectivity index (χ0) is 8.70. The molecule has 0 saturated heterocycles. The van der Waals surface area contributed by atoms with E-state index in [1.54, 1.807) is 0 Å². The maximum absolute atomic E-state index is 12.1. The minimum Gasteiger partial charge on any atom is -0.379 e. The fourth-order valence-corrected chi connectivity index (χ4v) is 1.37. The lowest BCUT2D eigenvalue weighted by Gasteiger charge is -2.29. The molecule has 2 nitrogen and oxygen atoms in total. The normalized spacial score (nSPS) is 39.5. The van der Waals surface area contributed by atoms with Gasteiger partial charge in [-0.15, -0.1) is 0 Å². The van der Waals surface area contributed by atoms with Gasteiger partial charge in [-0.25, -0.2) is 0 Å². The van der Waals surface area contributed by atoms with Gasteiger partial charge in [0.05, 0.1) is 0 Å². The van der Waals surface area contributed by atoms with Crippen molar-refractivity contribution in [2.45, 2.75) is 37.1 Å². The minimum atomic E-state index is -4.58. The molecule has 0 bridgehead atoms. The second kappa shape index (κ2) is 2.35. The van der Waals surface area contributed by atoms with Gasteiger partial charge in [0, 0.05) is 6.04 Å². The van der Waals surface area contributed by atoms with Gasteiger partial charge in [0.25, 0.3) is 0 Å². The molecular formula is C6H10F3NO. The molecule has 66 valence electrons. The average Bonchev–Trinajstić information content (AvgIpc) is 2.12. The zero-order valence-electron chi connectivity index (χ0n) is 5.86. The SMILES string of the molecule is N[C@H]1CCC[C@]1(O)C(F)(F)F. The number of aliphatic hydroxyl groups is 1. The molecule has 1 saturated carbocycles. The molecule has 1 rings (SSSR count). The summed E-state index contributed by atoms with van der Waals surface area (Å²) in [6, 6.07) is -1.15. The van der Waals surface area contributed by atoms with E-state index in [0.29, 0.717) is 6.42 Å². The van der Waals surface area contributed by atoms with Gasteiger partial charge >= 0.3 is 6.18 Å². The van der Waals surface area contributed by atoms with Crippen LogP contribution >= 0.6 is 0 Å². The Morgan fingerprint density at radius 1 is 1.45 bits per heavy atom. The first-order valence-corrected chi connectivity index (χ1v) is 3.42. The Labute approximate surface area is 62.2 Å². The molecule has 1 aliphatic rings. The fraction of sp³-hybridized carbons (Fsp3) is 1.00. The van der Waals surface area contributed by atoms with Crippen LogP contribution in [0.3, 0.4) is 0 Å². The molecule has 2 atom stereocenters. The summed E-state index contributed by atoms with van der Waals surface area (Å²) >= 11 is 0. The van der Waals surface area contributed by atoms with Crippen molar-refractivity contribution in [3.63, 3.8) is 0 Å². The van der Waals surface area contributed by atoms with E-state index in [-0.39, 0.29) is 12.8 Å². The van der Waals surface area contributed by atoms with Crippen molar-refractivity contribution in [1.82, 2.24) is 0 Å². The predicted octanol–water partition coefficient (Wildman–Crippen LogP) is 0.791. The summed E-state index contributed by atoms with van der Waals surface area (Å²) in [5, 5.41) is 9.05. The summed E-state index contributed by atoms with van der Waals surface area (Å²) < 4.78 is 36.2. The molecule has 0 aromatic carbocycles. The molecule has 0 aromatic heterocycles. The third-order valence-corrected chi connectivity index (χ3v) is 2.18. The third-order valence-electron chi connectivity index (χ3n) is 2.18. The first-order valence-electron chi connectivity index (χ1n) is 3.42. The van der Waals surface area contributed by atoms with Gasteiger partial charge in [0.1, 0.15) is 0 Å². The van der Waals surface area contributed by atoms with Gasteiger partial charge in [-0.3, -0.25) is 0 Å². The van der Waals surface area contributed by atoms with Crippen LogP contribution in [-0.2, 0) is 0 Å². The molecule has 1 aliphatic carbocycles. The van der Waals surface area contributed by atoms with Crippen LogP contribution in [-0.4, -0.2) is 22.9 Å². The predicted molar refractivity (Wildman–Crippen MR) is 32.8 cm³/mol. The number of rotatable bonds is 0. The highest BCUT2D eigenvalue weighted by molar-refractivity contribution is 5.00. The molecule has 1 fully saturated rings. The highest BCUT2D eigenvalue weighted by Crippen LogP contribution is 2.41. The standard InChI is InChI=1S/C6H10F3NO/c7-6(8,9)5(11)3-1-2-4(5)10/h4,11H,1-3,10H2/t4-,5+/m0/s1. The molecular weight excluding hydrogens is 159 g/mol. The lowest BCUT2D eigenvalue weighted by atomic mass is 9.98. The van der Waals surface area contributed by atoms with E-state index in [0.717, 1.165) is 0 Å². The Kier molecular flexibility index (Phi) is 1.88. The van der Waals surface area contributed by atoms with Crippen molar-refractivity contribution in [2.75, 3.05) is 0 Å². The lowest BCUT2D eigenvalue weighted by molar-refractivity contribution is -0.261. The van der Waals surface area contributed by atoms with Crippen molar-refractivity contribution in [2.24, 2.45) is 5.73 Å². The molecule has 3 N–H and O–H groups in total. The summed E-state index contributed by atoms with van der Waals surface area (Å²) in [6.07, 6.45) is -4.26. The Morgan fingerprint density at radius 3 is 2.18 bits per heavy atom. The zero-order valence-corrected chi connectivity index (χ0v) is 5.86. The van der Waals surface area contributed by atoms with Crippen molar-refractivity contribution in [1.29, 1.82) is 0 Å². The number of nitrogens with two attached hydrogens (primary N) is 1. The Hall–Kier alpha value is -0.290. The maximum Gasteiger partial charge on any atom is 0.418 e. The van der Waals surface area contributed by atoms with Crippen molar-refractivity contribution in [3.05, 3.63) is 0 Å². The van der Waals surface area contributed by atoms with E-state index in [1.807, 2.05) is 0 Å². The van der Waals surface area contributed by atoms with Crippen molar-refractivity contribution >= 4 is 0 Å². The second-order valence-electron chi connectivity index (χ2n) is 2.92. The first-order chi connectivity index (χ1) is 4.88. The third kappa shape index (κ3) is 1.22. The summed E-state index contributed by atoms with van der Waals surface area (Å²) in [4.78, 5) is 0. The first kappa shape index (κ1) is 8.80. The van der Waals surface area contributed by atoms with Crippen LogP contribution in [0.2, 0.25) is 0 Å². The summed E-state index contributed by atoms with van der Waals surface area (Å²) in [5.74, 6) is 0. The highest BCUT2D eigenvalue weighted by atomic mass is 19.4. The van der Waals surface area contributed by atoms with Crippen LogP contribution in [0.1, 0.15) is 19.3 Å². The van der Waals surface area contributed by atoms with E-state index in [4.69, 9.17) is 10.8 Å². The van der Waals surface area contributed by atoms with Gasteiger partial charge in [0.2, 0.25) is 0 Å². The monoisotopic (exact) mass is 169 g/mol. The van der Waals surface area contributed by atoms with Crippen LogP contribution in [0.25, 0.3) is 0 Å². The van der Waals surface area contributed by atoms with Gasteiger partial charge in [-0.05, 0) is 19.3 Å². The van der Waals surface area contributed by atoms with E-state index in [1.165, 1.54) is 0 Å². The van der Waals surface area contributed by atoms with Gasteiger partial charge in [0.15, 0.2) is 5.60 Å². The number of halogens is 3. The Bertz CT molecular complexity index is 158. The van der Waals surface area contributed by atoms with E-state index < -0.39 is 17.8 Å². The van der Waals surface area contributed by atoms with Gasteiger partial charge < -0.3 is 10.8 Å².